The van der Waals surface area contributed by atoms with E-state index in [0.29, 0.717) is 11.3 Å². The van der Waals surface area contributed by atoms with Crippen molar-refractivity contribution < 1.29 is 32.3 Å². The van der Waals surface area contributed by atoms with Crippen LogP contribution in [0.1, 0.15) is 38.3 Å². The molecule has 0 saturated carbocycles. The first kappa shape index (κ1) is 31.1. The largest absolute Gasteiger partial charge is 0.458 e. The van der Waals surface area contributed by atoms with Crippen LogP contribution in [0.25, 0.3) is 0 Å². The van der Waals surface area contributed by atoms with Crippen LogP contribution in [-0.4, -0.2) is 80.0 Å². The first-order valence-corrected chi connectivity index (χ1v) is 14.4. The van der Waals surface area contributed by atoms with Gasteiger partial charge in [-0.2, -0.15) is 4.31 Å². The molecule has 1 saturated heterocycles. The van der Waals surface area contributed by atoms with Crippen molar-refractivity contribution in [2.24, 2.45) is 5.73 Å². The molecule has 0 aromatic heterocycles. The highest BCUT2D eigenvalue weighted by Crippen LogP contribution is 2.26. The van der Waals surface area contributed by atoms with Gasteiger partial charge in [-0.25, -0.2) is 18.0 Å². The van der Waals surface area contributed by atoms with E-state index in [1.165, 1.54) is 17.0 Å². The average molecular weight is 575 g/mol. The first-order valence-electron chi connectivity index (χ1n) is 12.9. The Balaban J connectivity index is 1.82. The topological polar surface area (TPSA) is 148 Å². The fraction of sp³-hybridized carbons (Fsp3) is 0.464. The molecule has 0 spiro atoms. The van der Waals surface area contributed by atoms with E-state index in [0.717, 1.165) is 9.87 Å². The van der Waals surface area contributed by atoms with E-state index in [9.17, 15) is 22.8 Å². The summed E-state index contributed by atoms with van der Waals surface area (Å²) in [4.78, 5) is 39.8. The number of rotatable bonds is 8. The Kier molecular flexibility index (Phi) is 9.60. The summed E-state index contributed by atoms with van der Waals surface area (Å²) in [5, 5.41) is 2.71. The number of aryl methyl sites for hydroxylation is 1. The van der Waals surface area contributed by atoms with Crippen LogP contribution >= 0.6 is 0 Å². The minimum Gasteiger partial charge on any atom is -0.458 e. The molecule has 3 atom stereocenters. The number of hydrogen-bond acceptors (Lipinski definition) is 8. The summed E-state index contributed by atoms with van der Waals surface area (Å²) < 4.78 is 38.7. The van der Waals surface area contributed by atoms with Gasteiger partial charge in [0.2, 0.25) is 15.9 Å². The fourth-order valence-corrected chi connectivity index (χ4v) is 5.80. The van der Waals surface area contributed by atoms with Gasteiger partial charge in [0.25, 0.3) is 0 Å². The lowest BCUT2D eigenvalue weighted by Crippen LogP contribution is -2.52. The summed E-state index contributed by atoms with van der Waals surface area (Å²) in [5.74, 6) is -0.993. The van der Waals surface area contributed by atoms with E-state index >= 15 is 0 Å². The van der Waals surface area contributed by atoms with E-state index < -0.39 is 51.7 Å². The quantitative estimate of drug-likeness (QED) is 0.456. The number of nitrogens with two attached hydrogens (primary N) is 1. The predicted octanol–water partition coefficient (Wildman–Crippen LogP) is 2.21. The third-order valence-electron chi connectivity index (χ3n) is 6.16. The molecule has 0 radical (unpaired) electrons. The van der Waals surface area contributed by atoms with Crippen molar-refractivity contribution in [3.63, 3.8) is 0 Å². The van der Waals surface area contributed by atoms with Crippen molar-refractivity contribution in [3.05, 3.63) is 59.7 Å². The molecule has 2 aromatic rings. The van der Waals surface area contributed by atoms with Crippen LogP contribution in [0.15, 0.2) is 53.4 Å². The second kappa shape index (κ2) is 12.4. The average Bonchev–Trinajstić information content (AvgIpc) is 3.26. The summed E-state index contributed by atoms with van der Waals surface area (Å²) in [6.07, 6.45) is -0.373. The van der Waals surface area contributed by atoms with E-state index in [1.807, 2.05) is 6.92 Å². The predicted molar refractivity (Wildman–Crippen MR) is 149 cm³/mol. The molecule has 0 unspecified atom stereocenters. The van der Waals surface area contributed by atoms with Gasteiger partial charge in [0.1, 0.15) is 23.4 Å². The Hall–Kier alpha value is -3.48. The van der Waals surface area contributed by atoms with Gasteiger partial charge in [0.05, 0.1) is 4.90 Å². The van der Waals surface area contributed by atoms with Gasteiger partial charge in [0.15, 0.2) is 0 Å². The molecule has 3 rings (SSSR count). The van der Waals surface area contributed by atoms with Crippen molar-refractivity contribution in [2.45, 2.75) is 69.2 Å². The zero-order valence-electron chi connectivity index (χ0n) is 23.7. The van der Waals surface area contributed by atoms with Crippen LogP contribution in [-0.2, 0) is 30.8 Å². The van der Waals surface area contributed by atoms with Gasteiger partial charge in [-0.05, 0) is 63.9 Å². The second-order valence-electron chi connectivity index (χ2n) is 11.1. The molecule has 0 bridgehead atoms. The molecular formula is C28H38N4O7S. The Morgan fingerprint density at radius 1 is 1.07 bits per heavy atom. The number of ether oxygens (including phenoxy) is 2. The van der Waals surface area contributed by atoms with Crippen LogP contribution in [0.4, 0.5) is 4.79 Å². The molecular weight excluding hydrogens is 536 g/mol. The molecule has 1 fully saturated rings. The maximum absolute atomic E-state index is 13.5. The van der Waals surface area contributed by atoms with Crippen LogP contribution < -0.4 is 15.8 Å². The SMILES string of the molecule is Cc1ccc(S(=O)(=O)N2C[C@H](N)C[C@H]2C(=O)N[C@@H](Cc2ccc(OC(=O)N(C)C)cc2)C(=O)OC(C)(C)C)cc1. The number of sulfonamides is 1. The number of esters is 1. The zero-order chi connectivity index (χ0) is 29.8. The minimum absolute atomic E-state index is 0.0292. The van der Waals surface area contributed by atoms with Gasteiger partial charge in [-0.3, -0.25) is 4.79 Å². The molecule has 11 nitrogen and oxygen atoms in total. The normalized spacial score (nSPS) is 18.6. The van der Waals surface area contributed by atoms with E-state index in [4.69, 9.17) is 15.2 Å². The Morgan fingerprint density at radius 2 is 1.68 bits per heavy atom. The summed E-state index contributed by atoms with van der Waals surface area (Å²) >= 11 is 0. The highest BCUT2D eigenvalue weighted by Gasteiger charge is 2.44. The monoisotopic (exact) mass is 574 g/mol. The minimum atomic E-state index is -4.02. The van der Waals surface area contributed by atoms with Crippen LogP contribution in [0.2, 0.25) is 0 Å². The molecule has 3 N–H and O–H groups in total. The molecule has 1 aliphatic heterocycles. The molecule has 12 heteroatoms. The first-order chi connectivity index (χ1) is 18.6. The number of benzene rings is 2. The second-order valence-corrected chi connectivity index (χ2v) is 13.0. The van der Waals surface area contributed by atoms with Gasteiger partial charge in [0, 0.05) is 33.1 Å². The lowest BCUT2D eigenvalue weighted by molar-refractivity contribution is -0.158. The molecule has 2 aromatic carbocycles. The van der Waals surface area contributed by atoms with Crippen molar-refractivity contribution in [1.29, 1.82) is 0 Å². The number of amides is 2. The van der Waals surface area contributed by atoms with Gasteiger partial charge in [-0.1, -0.05) is 29.8 Å². The van der Waals surface area contributed by atoms with E-state index in [1.54, 1.807) is 71.3 Å². The number of nitrogens with one attached hydrogen (secondary N) is 1. The fourth-order valence-electron chi connectivity index (χ4n) is 4.14. The molecule has 1 aliphatic rings. The van der Waals surface area contributed by atoms with E-state index in [-0.39, 0.29) is 24.3 Å². The highest BCUT2D eigenvalue weighted by atomic mass is 32.2. The maximum atomic E-state index is 13.5. The number of nitrogens with zero attached hydrogens (tertiary/aromatic N) is 2. The van der Waals surface area contributed by atoms with Gasteiger partial charge < -0.3 is 25.4 Å². The number of carbonyl (C=O) groups is 3. The molecule has 2 amide bonds. The van der Waals surface area contributed by atoms with E-state index in [2.05, 4.69) is 5.32 Å². The number of hydrogen-bond donors (Lipinski definition) is 2. The van der Waals surface area contributed by atoms with Crippen molar-refractivity contribution in [2.75, 3.05) is 20.6 Å². The van der Waals surface area contributed by atoms with Gasteiger partial charge >= 0.3 is 12.1 Å². The van der Waals surface area contributed by atoms with Crippen LogP contribution in [0, 0.1) is 6.92 Å². The summed E-state index contributed by atoms with van der Waals surface area (Å²) in [7, 11) is -0.886. The van der Waals surface area contributed by atoms with Crippen LogP contribution in [0.5, 0.6) is 5.75 Å². The van der Waals surface area contributed by atoms with Gasteiger partial charge in [-0.15, -0.1) is 0 Å². The third-order valence-corrected chi connectivity index (χ3v) is 8.05. The summed E-state index contributed by atoms with van der Waals surface area (Å²) in [5.41, 5.74) is 6.84. The summed E-state index contributed by atoms with van der Waals surface area (Å²) in [6, 6.07) is 10.1. The molecule has 218 valence electrons. The van der Waals surface area contributed by atoms with Crippen molar-refractivity contribution in [1.82, 2.24) is 14.5 Å². The van der Waals surface area contributed by atoms with Crippen LogP contribution in [0.3, 0.4) is 0 Å². The number of carbonyl (C=O) groups excluding carboxylic acids is 3. The lowest BCUT2D eigenvalue weighted by atomic mass is 10.0. The maximum Gasteiger partial charge on any atom is 0.414 e. The molecule has 1 heterocycles. The molecule has 0 aliphatic carbocycles. The lowest BCUT2D eigenvalue weighted by Gasteiger charge is -2.27. The smallest absolute Gasteiger partial charge is 0.414 e. The Bertz CT molecular complexity index is 1320. The highest BCUT2D eigenvalue weighted by molar-refractivity contribution is 7.89. The Morgan fingerprint density at radius 3 is 2.23 bits per heavy atom. The van der Waals surface area contributed by atoms with Crippen molar-refractivity contribution in [3.8, 4) is 5.75 Å². The summed E-state index contributed by atoms with van der Waals surface area (Å²) in [6.45, 7) is 6.95. The zero-order valence-corrected chi connectivity index (χ0v) is 24.5. The standard InChI is InChI=1S/C28H38N4O7S/c1-18-7-13-22(14-8-18)40(36,37)32-17-20(29)16-24(32)25(33)30-23(26(34)39-28(2,3)4)15-19-9-11-21(12-10-19)38-27(35)31(5)6/h7-14,20,23-24H,15-17,29H2,1-6H3,(H,30,33)/t20-,23+,24+/m1/s1. The Labute approximate surface area is 235 Å². The molecule has 40 heavy (non-hydrogen) atoms. The van der Waals surface area contributed by atoms with Crippen molar-refractivity contribution >= 4 is 28.0 Å². The third kappa shape index (κ3) is 8.03.